The van der Waals surface area contributed by atoms with Gasteiger partial charge in [-0.15, -0.1) is 0 Å². The number of carbonyl (C=O) groups is 1. The van der Waals surface area contributed by atoms with Gasteiger partial charge in [-0.2, -0.15) is 0 Å². The minimum atomic E-state index is 0.171. The second-order valence-corrected chi connectivity index (χ2v) is 4.20. The van der Waals surface area contributed by atoms with Crippen molar-refractivity contribution in [2.45, 2.75) is 10.3 Å². The van der Waals surface area contributed by atoms with E-state index in [1.807, 2.05) is 24.3 Å². The number of fused-ring (bicyclic) bond motifs is 1. The molecule has 1 atom stereocenters. The first-order valence-electron chi connectivity index (χ1n) is 3.55. The average molecular weight is 258 g/mol. The van der Waals surface area contributed by atoms with Gasteiger partial charge in [-0.25, -0.2) is 0 Å². The Morgan fingerprint density at radius 3 is 2.82 bits per heavy atom. The van der Waals surface area contributed by atoms with Crippen LogP contribution in [0.3, 0.4) is 0 Å². The third kappa shape index (κ3) is 1.09. The predicted molar refractivity (Wildman–Crippen MR) is 52.3 cm³/mol. The van der Waals surface area contributed by atoms with Crippen LogP contribution in [-0.2, 0) is 6.42 Å². The Labute approximate surface area is 78.9 Å². The zero-order valence-corrected chi connectivity index (χ0v) is 8.04. The zero-order valence-electron chi connectivity index (χ0n) is 5.88. The number of rotatable bonds is 0. The first-order chi connectivity index (χ1) is 5.29. The fraction of sp³-hybridized carbons (Fsp3) is 0.222. The molecule has 1 aliphatic carbocycles. The molecule has 0 saturated heterocycles. The molecule has 1 aromatic carbocycles. The molecular formula is C9H7IO. The van der Waals surface area contributed by atoms with E-state index in [4.69, 9.17) is 0 Å². The Bertz CT molecular complexity index is 306. The van der Waals surface area contributed by atoms with Crippen LogP contribution < -0.4 is 0 Å². The smallest absolute Gasteiger partial charge is 0.176 e. The molecule has 0 N–H and O–H groups in total. The van der Waals surface area contributed by atoms with Gasteiger partial charge in [0, 0.05) is 5.56 Å². The quantitative estimate of drug-likeness (QED) is 0.515. The van der Waals surface area contributed by atoms with Crippen molar-refractivity contribution in [2.75, 3.05) is 0 Å². The number of benzene rings is 1. The van der Waals surface area contributed by atoms with Crippen LogP contribution in [0.4, 0.5) is 0 Å². The van der Waals surface area contributed by atoms with Crippen molar-refractivity contribution in [2.24, 2.45) is 0 Å². The highest BCUT2D eigenvalue weighted by atomic mass is 127. The van der Waals surface area contributed by atoms with E-state index in [1.165, 1.54) is 5.56 Å². The van der Waals surface area contributed by atoms with E-state index >= 15 is 0 Å². The van der Waals surface area contributed by atoms with Gasteiger partial charge in [-0.1, -0.05) is 46.9 Å². The average Bonchev–Trinajstić information content (AvgIpc) is 2.30. The van der Waals surface area contributed by atoms with Crippen LogP contribution in [0.5, 0.6) is 0 Å². The molecule has 11 heavy (non-hydrogen) atoms. The van der Waals surface area contributed by atoms with Gasteiger partial charge in [0.1, 0.15) is 0 Å². The van der Waals surface area contributed by atoms with Crippen molar-refractivity contribution >= 4 is 28.4 Å². The predicted octanol–water partition coefficient (Wildman–Crippen LogP) is 2.23. The summed E-state index contributed by atoms with van der Waals surface area (Å²) in [6.45, 7) is 0. The third-order valence-electron chi connectivity index (χ3n) is 1.97. The van der Waals surface area contributed by atoms with Crippen LogP contribution in [0.2, 0.25) is 0 Å². The lowest BCUT2D eigenvalue weighted by Gasteiger charge is -1.92. The summed E-state index contributed by atoms with van der Waals surface area (Å²) in [5.74, 6) is 0.293. The number of carbonyl (C=O) groups excluding carboxylic acids is 1. The van der Waals surface area contributed by atoms with Gasteiger partial charge in [0.05, 0.1) is 3.92 Å². The molecule has 1 nitrogen and oxygen atoms in total. The van der Waals surface area contributed by atoms with Gasteiger partial charge in [0.25, 0.3) is 0 Å². The summed E-state index contributed by atoms with van der Waals surface area (Å²) in [5.41, 5.74) is 2.13. The van der Waals surface area contributed by atoms with Gasteiger partial charge in [0.15, 0.2) is 5.78 Å². The summed E-state index contributed by atoms with van der Waals surface area (Å²) in [5, 5.41) is 0. The molecule has 0 aliphatic heterocycles. The number of ketones is 1. The van der Waals surface area contributed by atoms with Crippen molar-refractivity contribution < 1.29 is 4.79 Å². The summed E-state index contributed by atoms with van der Waals surface area (Å²) in [6, 6.07) is 7.86. The van der Waals surface area contributed by atoms with E-state index in [9.17, 15) is 4.79 Å². The van der Waals surface area contributed by atoms with Crippen LogP contribution in [0.25, 0.3) is 0 Å². The number of hydrogen-bond acceptors (Lipinski definition) is 1. The summed E-state index contributed by atoms with van der Waals surface area (Å²) < 4.78 is 0.171. The van der Waals surface area contributed by atoms with E-state index in [2.05, 4.69) is 22.6 Å². The Morgan fingerprint density at radius 1 is 1.36 bits per heavy atom. The summed E-state index contributed by atoms with van der Waals surface area (Å²) in [7, 11) is 0. The topological polar surface area (TPSA) is 17.1 Å². The van der Waals surface area contributed by atoms with Gasteiger partial charge in [-0.3, -0.25) is 4.79 Å². The van der Waals surface area contributed by atoms with Gasteiger partial charge < -0.3 is 0 Å². The summed E-state index contributed by atoms with van der Waals surface area (Å²) >= 11 is 2.20. The van der Waals surface area contributed by atoms with E-state index in [-0.39, 0.29) is 3.92 Å². The fourth-order valence-electron chi connectivity index (χ4n) is 1.39. The van der Waals surface area contributed by atoms with Crippen molar-refractivity contribution in [3.8, 4) is 0 Å². The Morgan fingerprint density at radius 2 is 2.09 bits per heavy atom. The van der Waals surface area contributed by atoms with E-state index in [0.717, 1.165) is 12.0 Å². The van der Waals surface area contributed by atoms with Crippen LogP contribution in [0, 0.1) is 0 Å². The molecule has 0 unspecified atom stereocenters. The van der Waals surface area contributed by atoms with Gasteiger partial charge in [-0.05, 0) is 12.0 Å². The molecule has 0 saturated carbocycles. The maximum atomic E-state index is 11.4. The van der Waals surface area contributed by atoms with E-state index < -0.39 is 0 Å². The lowest BCUT2D eigenvalue weighted by molar-refractivity contribution is 0.100. The first-order valence-corrected chi connectivity index (χ1v) is 4.80. The fourth-order valence-corrected chi connectivity index (χ4v) is 2.20. The lowest BCUT2D eigenvalue weighted by atomic mass is 10.1. The molecule has 56 valence electrons. The van der Waals surface area contributed by atoms with Crippen molar-refractivity contribution in [1.82, 2.24) is 0 Å². The molecule has 0 bridgehead atoms. The van der Waals surface area contributed by atoms with Crippen molar-refractivity contribution in [1.29, 1.82) is 0 Å². The molecule has 1 aromatic rings. The summed E-state index contributed by atoms with van der Waals surface area (Å²) in [4.78, 5) is 11.4. The highest BCUT2D eigenvalue weighted by molar-refractivity contribution is 14.1. The molecule has 2 heteroatoms. The third-order valence-corrected chi connectivity index (χ3v) is 2.97. The van der Waals surface area contributed by atoms with Gasteiger partial charge in [0.2, 0.25) is 0 Å². The number of halogens is 1. The first kappa shape index (κ1) is 7.28. The zero-order chi connectivity index (χ0) is 7.84. The molecule has 0 aromatic heterocycles. The van der Waals surface area contributed by atoms with Crippen molar-refractivity contribution in [3.05, 3.63) is 35.4 Å². The minimum absolute atomic E-state index is 0.171. The summed E-state index contributed by atoms with van der Waals surface area (Å²) in [6.07, 6.45) is 0.912. The normalized spacial score (nSPS) is 21.9. The van der Waals surface area contributed by atoms with Gasteiger partial charge >= 0.3 is 0 Å². The molecule has 0 fully saturated rings. The molecule has 0 radical (unpaired) electrons. The van der Waals surface area contributed by atoms with E-state index in [0.29, 0.717) is 5.78 Å². The monoisotopic (exact) mass is 258 g/mol. The maximum Gasteiger partial charge on any atom is 0.176 e. The number of alkyl halides is 1. The molecule has 0 spiro atoms. The Hall–Kier alpha value is -0.380. The molecule has 1 aliphatic rings. The number of hydrogen-bond donors (Lipinski definition) is 0. The standard InChI is InChI=1S/C9H7IO/c10-8-5-6-3-1-2-4-7(6)9(8)11/h1-4,8H,5H2/t8-/m0/s1. The second kappa shape index (κ2) is 2.59. The lowest BCUT2D eigenvalue weighted by Crippen LogP contribution is -2.05. The molecular weight excluding hydrogens is 251 g/mol. The highest BCUT2D eigenvalue weighted by Crippen LogP contribution is 2.26. The van der Waals surface area contributed by atoms with Crippen LogP contribution in [0.15, 0.2) is 24.3 Å². The van der Waals surface area contributed by atoms with E-state index in [1.54, 1.807) is 0 Å². The molecule has 0 heterocycles. The Balaban J connectivity index is 2.55. The second-order valence-electron chi connectivity index (χ2n) is 2.69. The highest BCUT2D eigenvalue weighted by Gasteiger charge is 2.27. The molecule has 2 rings (SSSR count). The Kier molecular flexibility index (Phi) is 1.71. The van der Waals surface area contributed by atoms with Crippen LogP contribution in [0.1, 0.15) is 15.9 Å². The largest absolute Gasteiger partial charge is 0.293 e. The molecule has 0 amide bonds. The maximum absolute atomic E-state index is 11.4. The van der Waals surface area contributed by atoms with Crippen LogP contribution >= 0.6 is 22.6 Å². The van der Waals surface area contributed by atoms with Crippen molar-refractivity contribution in [3.63, 3.8) is 0 Å². The van der Waals surface area contributed by atoms with Crippen LogP contribution in [-0.4, -0.2) is 9.71 Å². The SMILES string of the molecule is O=C1c2ccccc2C[C@@H]1I. The minimum Gasteiger partial charge on any atom is -0.293 e. The number of Topliss-reactive ketones (excluding diaryl/α,β-unsaturated/α-hetero) is 1.